The number of fused-ring (bicyclic) bond motifs is 6. The smallest absolute Gasteiger partial charge is 0.270 e. The zero-order valence-electron chi connectivity index (χ0n) is 13.4. The van der Waals surface area contributed by atoms with Crippen molar-refractivity contribution in [3.8, 4) is 0 Å². The van der Waals surface area contributed by atoms with Crippen LogP contribution >= 0.6 is 0 Å². The molecule has 3 aliphatic rings. The molecule has 5 nitrogen and oxygen atoms in total. The molecule has 1 amide bonds. The topological polar surface area (TPSA) is 58.4 Å². The lowest BCUT2D eigenvalue weighted by Crippen LogP contribution is -2.57. The number of amides is 1. The van der Waals surface area contributed by atoms with E-state index in [9.17, 15) is 4.79 Å². The summed E-state index contributed by atoms with van der Waals surface area (Å²) in [6.45, 7) is 3.30. The lowest BCUT2D eigenvalue weighted by molar-refractivity contribution is 0.0618. The Bertz CT molecular complexity index is 925. The zero-order valence-corrected chi connectivity index (χ0v) is 13.4. The number of hydrogen-bond acceptors (Lipinski definition) is 4. The van der Waals surface area contributed by atoms with Gasteiger partial charge in [0.2, 0.25) is 0 Å². The van der Waals surface area contributed by atoms with Crippen LogP contribution in [0.15, 0.2) is 40.9 Å². The van der Waals surface area contributed by atoms with E-state index in [-0.39, 0.29) is 11.9 Å². The summed E-state index contributed by atoms with van der Waals surface area (Å²) in [4.78, 5) is 19.4. The van der Waals surface area contributed by atoms with Crippen LogP contribution in [-0.4, -0.2) is 41.5 Å². The van der Waals surface area contributed by atoms with Crippen LogP contribution in [0.2, 0.25) is 0 Å². The van der Waals surface area contributed by atoms with Crippen LogP contribution in [0.25, 0.3) is 21.9 Å². The van der Waals surface area contributed by atoms with Crippen molar-refractivity contribution in [1.29, 1.82) is 0 Å². The molecule has 0 saturated carbocycles. The van der Waals surface area contributed by atoms with E-state index in [0.29, 0.717) is 17.2 Å². The molecule has 0 spiro atoms. The summed E-state index contributed by atoms with van der Waals surface area (Å²) in [6.07, 6.45) is 4.11. The van der Waals surface area contributed by atoms with Gasteiger partial charge in [0.25, 0.3) is 5.91 Å². The van der Waals surface area contributed by atoms with Crippen molar-refractivity contribution < 1.29 is 9.21 Å². The van der Waals surface area contributed by atoms with Gasteiger partial charge in [-0.2, -0.15) is 0 Å². The molecule has 3 aromatic rings. The number of nitrogens with one attached hydrogen (secondary N) is 1. The molecule has 0 unspecified atom stereocenters. The Morgan fingerprint density at radius 2 is 2.00 bits per heavy atom. The van der Waals surface area contributed by atoms with Gasteiger partial charge in [0, 0.05) is 35.6 Å². The van der Waals surface area contributed by atoms with Crippen molar-refractivity contribution in [2.24, 2.45) is 5.92 Å². The Balaban J connectivity index is 1.43. The van der Waals surface area contributed by atoms with E-state index in [1.165, 1.54) is 25.9 Å². The van der Waals surface area contributed by atoms with Crippen molar-refractivity contribution in [2.45, 2.75) is 18.9 Å². The quantitative estimate of drug-likeness (QED) is 0.788. The van der Waals surface area contributed by atoms with Gasteiger partial charge in [-0.1, -0.05) is 18.2 Å². The molecule has 2 bridgehead atoms. The number of piperidine rings is 3. The lowest BCUT2D eigenvalue weighted by atomic mass is 9.84. The van der Waals surface area contributed by atoms with Gasteiger partial charge in [-0.05, 0) is 37.9 Å². The number of pyridine rings is 1. The SMILES string of the molecule is O=C(N[C@@H]1CN2CCC1CC2)c1cc2oc3ccccc3c2cn1. The highest BCUT2D eigenvalue weighted by Gasteiger charge is 2.35. The summed E-state index contributed by atoms with van der Waals surface area (Å²) in [6, 6.07) is 9.86. The minimum Gasteiger partial charge on any atom is -0.456 e. The van der Waals surface area contributed by atoms with E-state index in [4.69, 9.17) is 4.42 Å². The molecule has 3 fully saturated rings. The monoisotopic (exact) mass is 321 g/mol. The second-order valence-corrected chi connectivity index (χ2v) is 6.88. The van der Waals surface area contributed by atoms with Crippen molar-refractivity contribution >= 4 is 27.8 Å². The van der Waals surface area contributed by atoms with E-state index in [0.717, 1.165) is 22.9 Å². The average molecular weight is 321 g/mol. The summed E-state index contributed by atoms with van der Waals surface area (Å²) in [7, 11) is 0. The number of para-hydroxylation sites is 1. The highest BCUT2D eigenvalue weighted by Crippen LogP contribution is 2.29. The Morgan fingerprint density at radius 1 is 1.17 bits per heavy atom. The second-order valence-electron chi connectivity index (χ2n) is 6.88. The Kier molecular flexibility index (Phi) is 3.10. The predicted molar refractivity (Wildman–Crippen MR) is 91.9 cm³/mol. The number of aromatic nitrogens is 1. The molecule has 3 aliphatic heterocycles. The summed E-state index contributed by atoms with van der Waals surface area (Å²) >= 11 is 0. The molecule has 5 heteroatoms. The first-order valence-electron chi connectivity index (χ1n) is 8.58. The molecule has 3 saturated heterocycles. The third-order valence-corrected chi connectivity index (χ3v) is 5.47. The molecule has 1 aromatic carbocycles. The number of carbonyl (C=O) groups is 1. The predicted octanol–water partition coefficient (Wildman–Crippen LogP) is 2.81. The highest BCUT2D eigenvalue weighted by atomic mass is 16.3. The molecule has 6 rings (SSSR count). The molecule has 0 radical (unpaired) electrons. The molecule has 0 aliphatic carbocycles. The van der Waals surface area contributed by atoms with Crippen LogP contribution in [0.4, 0.5) is 0 Å². The van der Waals surface area contributed by atoms with Gasteiger partial charge < -0.3 is 14.6 Å². The number of hydrogen-bond donors (Lipinski definition) is 1. The van der Waals surface area contributed by atoms with Gasteiger partial charge >= 0.3 is 0 Å². The number of benzene rings is 1. The van der Waals surface area contributed by atoms with Crippen molar-refractivity contribution in [3.05, 3.63) is 42.2 Å². The van der Waals surface area contributed by atoms with Gasteiger partial charge in [0.1, 0.15) is 16.9 Å². The molecule has 2 aromatic heterocycles. The van der Waals surface area contributed by atoms with E-state index in [1.54, 1.807) is 12.3 Å². The van der Waals surface area contributed by atoms with Gasteiger partial charge in [0.15, 0.2) is 0 Å². The average Bonchev–Trinajstić information content (AvgIpc) is 3.00. The Morgan fingerprint density at radius 3 is 2.79 bits per heavy atom. The number of nitrogens with zero attached hydrogens (tertiary/aromatic N) is 2. The maximum Gasteiger partial charge on any atom is 0.270 e. The fourth-order valence-corrected chi connectivity index (χ4v) is 4.12. The summed E-state index contributed by atoms with van der Waals surface area (Å²) in [5.74, 6) is 0.505. The first-order valence-corrected chi connectivity index (χ1v) is 8.58. The van der Waals surface area contributed by atoms with Crippen LogP contribution in [0, 0.1) is 5.92 Å². The summed E-state index contributed by atoms with van der Waals surface area (Å²) < 4.78 is 5.85. The lowest BCUT2D eigenvalue weighted by Gasteiger charge is -2.44. The van der Waals surface area contributed by atoms with Crippen LogP contribution < -0.4 is 5.32 Å². The fraction of sp³-hybridized carbons (Fsp3) is 0.368. The third kappa shape index (κ3) is 2.19. The molecule has 1 N–H and O–H groups in total. The minimum absolute atomic E-state index is 0.101. The van der Waals surface area contributed by atoms with Crippen LogP contribution in [0.3, 0.4) is 0 Å². The van der Waals surface area contributed by atoms with Gasteiger partial charge in [0.05, 0.1) is 0 Å². The summed E-state index contributed by atoms with van der Waals surface area (Å²) in [5, 5.41) is 5.16. The maximum absolute atomic E-state index is 12.6. The number of carbonyl (C=O) groups excluding carboxylic acids is 1. The normalized spacial score (nSPS) is 26.1. The summed E-state index contributed by atoms with van der Waals surface area (Å²) in [5.41, 5.74) is 1.97. The van der Waals surface area contributed by atoms with Gasteiger partial charge in [-0.25, -0.2) is 0 Å². The molecular weight excluding hydrogens is 302 g/mol. The highest BCUT2D eigenvalue weighted by molar-refractivity contribution is 6.06. The molecular formula is C19H19N3O2. The van der Waals surface area contributed by atoms with Crippen LogP contribution in [0.1, 0.15) is 23.3 Å². The minimum atomic E-state index is -0.101. The maximum atomic E-state index is 12.6. The van der Waals surface area contributed by atoms with Crippen molar-refractivity contribution in [3.63, 3.8) is 0 Å². The third-order valence-electron chi connectivity index (χ3n) is 5.47. The zero-order chi connectivity index (χ0) is 16.1. The largest absolute Gasteiger partial charge is 0.456 e. The molecule has 24 heavy (non-hydrogen) atoms. The van der Waals surface area contributed by atoms with E-state index in [2.05, 4.69) is 15.2 Å². The number of rotatable bonds is 2. The van der Waals surface area contributed by atoms with Gasteiger partial charge in [-0.15, -0.1) is 0 Å². The molecule has 122 valence electrons. The number of furan rings is 1. The second kappa shape index (κ2) is 5.31. The van der Waals surface area contributed by atoms with E-state index >= 15 is 0 Å². The van der Waals surface area contributed by atoms with Crippen molar-refractivity contribution in [1.82, 2.24) is 15.2 Å². The first-order chi connectivity index (χ1) is 11.8. The first kappa shape index (κ1) is 14.0. The Hall–Kier alpha value is -2.40. The van der Waals surface area contributed by atoms with Gasteiger partial charge in [-0.3, -0.25) is 9.78 Å². The van der Waals surface area contributed by atoms with Crippen LogP contribution in [0.5, 0.6) is 0 Å². The van der Waals surface area contributed by atoms with E-state index in [1.807, 2.05) is 24.3 Å². The molecule has 1 atom stereocenters. The standard InChI is InChI=1S/C19H19N3O2/c23-19(21-16-11-22-7-5-12(16)6-8-22)15-9-18-14(10-20-15)13-3-1-2-4-17(13)24-18/h1-4,9-10,12,16H,5-8,11H2,(H,21,23)/t16-/m1/s1. The van der Waals surface area contributed by atoms with Crippen molar-refractivity contribution in [2.75, 3.05) is 19.6 Å². The molecule has 5 heterocycles. The Labute approximate surface area is 139 Å². The fourth-order valence-electron chi connectivity index (χ4n) is 4.12. The van der Waals surface area contributed by atoms with Crippen LogP contribution in [-0.2, 0) is 0 Å². The van der Waals surface area contributed by atoms with E-state index < -0.39 is 0 Å².